The van der Waals surface area contributed by atoms with E-state index in [1.165, 1.54) is 6.07 Å². The number of imide groups is 1. The van der Waals surface area contributed by atoms with Crippen LogP contribution in [0.25, 0.3) is 11.8 Å². The van der Waals surface area contributed by atoms with Gasteiger partial charge < -0.3 is 9.30 Å². The Morgan fingerprint density at radius 1 is 1.09 bits per heavy atom. The Labute approximate surface area is 201 Å². The van der Waals surface area contributed by atoms with Gasteiger partial charge in [0.2, 0.25) is 0 Å². The van der Waals surface area contributed by atoms with Gasteiger partial charge in [-0.25, -0.2) is 0 Å². The number of nitrogens with zero attached hydrogens (tertiary/aromatic N) is 3. The summed E-state index contributed by atoms with van der Waals surface area (Å²) in [5, 5.41) is 10.8. The zero-order chi connectivity index (χ0) is 24.4. The van der Waals surface area contributed by atoms with E-state index >= 15 is 0 Å². The first-order valence-electron chi connectivity index (χ1n) is 10.7. The number of ether oxygens (including phenoxy) is 1. The minimum absolute atomic E-state index is 0.121. The molecule has 0 bridgehead atoms. The normalized spacial score (nSPS) is 14.8. The summed E-state index contributed by atoms with van der Waals surface area (Å²) >= 11 is 0.840. The molecule has 2 amide bonds. The largest absolute Gasteiger partial charge is 0.494 e. The highest BCUT2D eigenvalue weighted by atomic mass is 32.2. The van der Waals surface area contributed by atoms with Gasteiger partial charge in [-0.3, -0.25) is 24.6 Å². The molecule has 3 aromatic rings. The van der Waals surface area contributed by atoms with Gasteiger partial charge in [0.05, 0.1) is 23.0 Å². The Balaban J connectivity index is 1.61. The summed E-state index contributed by atoms with van der Waals surface area (Å²) in [6, 6.07) is 15.8. The fraction of sp³-hybridized carbons (Fsp3) is 0.200. The van der Waals surface area contributed by atoms with Gasteiger partial charge in [0, 0.05) is 28.7 Å². The van der Waals surface area contributed by atoms with Crippen molar-refractivity contribution in [3.8, 4) is 11.4 Å². The topological polar surface area (TPSA) is 94.7 Å². The molecule has 0 spiro atoms. The van der Waals surface area contributed by atoms with Crippen LogP contribution in [-0.4, -0.2) is 32.1 Å². The minimum atomic E-state index is -0.514. The number of hydrogen-bond acceptors (Lipinski definition) is 6. The SMILES string of the molecule is CCOc1ccc(-n2c(C)cc(/C=C3\SC(=O)N(Cc4ccccc4[N+](=O)[O-])C3=O)c2C)cc1. The number of benzene rings is 2. The van der Waals surface area contributed by atoms with E-state index in [-0.39, 0.29) is 17.1 Å². The number of para-hydroxylation sites is 1. The lowest BCUT2D eigenvalue weighted by atomic mass is 10.1. The number of thioether (sulfide) groups is 1. The van der Waals surface area contributed by atoms with Crippen LogP contribution in [0.2, 0.25) is 0 Å². The van der Waals surface area contributed by atoms with E-state index in [9.17, 15) is 19.7 Å². The monoisotopic (exact) mass is 477 g/mol. The number of nitro benzene ring substituents is 1. The van der Waals surface area contributed by atoms with Crippen LogP contribution in [0.4, 0.5) is 10.5 Å². The summed E-state index contributed by atoms with van der Waals surface area (Å²) in [4.78, 5) is 37.7. The Bertz CT molecular complexity index is 1310. The van der Waals surface area contributed by atoms with Gasteiger partial charge in [-0.05, 0) is 74.5 Å². The molecule has 1 saturated heterocycles. The van der Waals surface area contributed by atoms with Gasteiger partial charge in [-0.2, -0.15) is 0 Å². The quantitative estimate of drug-likeness (QED) is 0.248. The van der Waals surface area contributed by atoms with Crippen molar-refractivity contribution in [2.75, 3.05) is 6.61 Å². The molecule has 1 fully saturated rings. The number of carbonyl (C=O) groups is 2. The smallest absolute Gasteiger partial charge is 0.293 e. The molecule has 4 rings (SSSR count). The second-order valence-corrected chi connectivity index (χ2v) is 8.74. The molecule has 174 valence electrons. The maximum absolute atomic E-state index is 13.0. The average molecular weight is 478 g/mol. The third-order valence-corrected chi connectivity index (χ3v) is 6.46. The van der Waals surface area contributed by atoms with Crippen molar-refractivity contribution in [1.82, 2.24) is 9.47 Å². The first-order valence-corrected chi connectivity index (χ1v) is 11.5. The minimum Gasteiger partial charge on any atom is -0.494 e. The molecule has 0 radical (unpaired) electrons. The Hall–Kier alpha value is -3.85. The molecule has 0 atom stereocenters. The predicted octanol–water partition coefficient (Wildman–Crippen LogP) is 5.64. The van der Waals surface area contributed by atoms with Gasteiger partial charge >= 0.3 is 0 Å². The van der Waals surface area contributed by atoms with Crippen molar-refractivity contribution in [2.45, 2.75) is 27.3 Å². The Morgan fingerprint density at radius 3 is 2.47 bits per heavy atom. The molecule has 0 aliphatic carbocycles. The number of rotatable bonds is 7. The van der Waals surface area contributed by atoms with E-state index in [2.05, 4.69) is 4.57 Å². The fourth-order valence-electron chi connectivity index (χ4n) is 3.96. The summed E-state index contributed by atoms with van der Waals surface area (Å²) in [7, 11) is 0. The zero-order valence-corrected chi connectivity index (χ0v) is 19.8. The molecule has 1 aliphatic heterocycles. The van der Waals surface area contributed by atoms with E-state index in [1.54, 1.807) is 24.3 Å². The van der Waals surface area contributed by atoms with E-state index in [0.29, 0.717) is 12.2 Å². The van der Waals surface area contributed by atoms with Gasteiger partial charge in [0.15, 0.2) is 0 Å². The molecule has 34 heavy (non-hydrogen) atoms. The third kappa shape index (κ3) is 4.47. The molecule has 0 unspecified atom stereocenters. The summed E-state index contributed by atoms with van der Waals surface area (Å²) in [5.74, 6) is 0.334. The molecule has 9 heteroatoms. The molecule has 8 nitrogen and oxygen atoms in total. The number of hydrogen-bond donors (Lipinski definition) is 0. The van der Waals surface area contributed by atoms with Crippen molar-refractivity contribution >= 4 is 34.7 Å². The van der Waals surface area contributed by atoms with Crippen molar-refractivity contribution in [3.63, 3.8) is 0 Å². The number of aromatic nitrogens is 1. The van der Waals surface area contributed by atoms with Crippen LogP contribution in [0.1, 0.15) is 29.4 Å². The first-order chi connectivity index (χ1) is 16.3. The van der Waals surface area contributed by atoms with Crippen molar-refractivity contribution < 1.29 is 19.2 Å². The number of amides is 2. The Morgan fingerprint density at radius 2 is 1.79 bits per heavy atom. The van der Waals surface area contributed by atoms with Gasteiger partial charge in [0.1, 0.15) is 5.75 Å². The first kappa shape index (κ1) is 23.3. The molecule has 1 aliphatic rings. The summed E-state index contributed by atoms with van der Waals surface area (Å²) in [6.07, 6.45) is 1.71. The fourth-order valence-corrected chi connectivity index (χ4v) is 4.79. The second-order valence-electron chi connectivity index (χ2n) is 7.74. The maximum Gasteiger partial charge on any atom is 0.293 e. The lowest BCUT2D eigenvalue weighted by Crippen LogP contribution is -2.27. The van der Waals surface area contributed by atoms with Crippen molar-refractivity contribution in [3.05, 3.63) is 92.1 Å². The van der Waals surface area contributed by atoms with Crippen molar-refractivity contribution in [2.24, 2.45) is 0 Å². The van der Waals surface area contributed by atoms with Crippen LogP contribution in [-0.2, 0) is 11.3 Å². The van der Waals surface area contributed by atoms with Crippen LogP contribution >= 0.6 is 11.8 Å². The molecule has 0 N–H and O–H groups in total. The van der Waals surface area contributed by atoms with Gasteiger partial charge in [0.25, 0.3) is 16.8 Å². The molecular weight excluding hydrogens is 454 g/mol. The van der Waals surface area contributed by atoms with E-state index in [1.807, 2.05) is 51.1 Å². The molecule has 2 heterocycles. The van der Waals surface area contributed by atoms with Crippen LogP contribution in [0, 0.1) is 24.0 Å². The molecule has 2 aromatic carbocycles. The van der Waals surface area contributed by atoms with Crippen LogP contribution in [0.5, 0.6) is 5.75 Å². The van der Waals surface area contributed by atoms with E-state index in [4.69, 9.17) is 4.74 Å². The summed E-state index contributed by atoms with van der Waals surface area (Å²) in [6.45, 7) is 6.30. The third-order valence-electron chi connectivity index (χ3n) is 5.55. The summed E-state index contributed by atoms with van der Waals surface area (Å²) in [5.41, 5.74) is 3.87. The standard InChI is InChI=1S/C25H23N3O5S/c1-4-33-21-11-9-20(10-12-21)27-16(2)13-19(17(27)3)14-23-24(29)26(25(30)34-23)15-18-7-5-6-8-22(18)28(31)32/h5-14H,4,15H2,1-3H3/b23-14-. The highest BCUT2D eigenvalue weighted by Gasteiger charge is 2.36. The van der Waals surface area contributed by atoms with E-state index in [0.717, 1.165) is 45.1 Å². The lowest BCUT2D eigenvalue weighted by molar-refractivity contribution is -0.385. The maximum atomic E-state index is 13.0. The van der Waals surface area contributed by atoms with Gasteiger partial charge in [-0.15, -0.1) is 0 Å². The lowest BCUT2D eigenvalue weighted by Gasteiger charge is -2.12. The average Bonchev–Trinajstić information content (AvgIpc) is 3.24. The van der Waals surface area contributed by atoms with Crippen molar-refractivity contribution in [1.29, 1.82) is 0 Å². The molecular formula is C25H23N3O5S. The van der Waals surface area contributed by atoms with Crippen LogP contribution in [0.15, 0.2) is 59.5 Å². The molecule has 1 aromatic heterocycles. The second kappa shape index (κ2) is 9.56. The van der Waals surface area contributed by atoms with Crippen LogP contribution in [0.3, 0.4) is 0 Å². The van der Waals surface area contributed by atoms with Gasteiger partial charge in [-0.1, -0.05) is 18.2 Å². The number of carbonyl (C=O) groups excluding carboxylic acids is 2. The highest BCUT2D eigenvalue weighted by molar-refractivity contribution is 8.18. The molecule has 0 saturated carbocycles. The summed E-state index contributed by atoms with van der Waals surface area (Å²) < 4.78 is 7.58. The van der Waals surface area contributed by atoms with E-state index < -0.39 is 16.1 Å². The zero-order valence-electron chi connectivity index (χ0n) is 19.0. The highest BCUT2D eigenvalue weighted by Crippen LogP contribution is 2.35. The number of nitro groups is 1. The van der Waals surface area contributed by atoms with Crippen LogP contribution < -0.4 is 4.74 Å². The Kier molecular flexibility index (Phi) is 6.56. The number of aryl methyl sites for hydroxylation is 1. The predicted molar refractivity (Wildman–Crippen MR) is 131 cm³/mol.